The highest BCUT2D eigenvalue weighted by Crippen LogP contribution is 2.30. The van der Waals surface area contributed by atoms with Crippen LogP contribution in [0.1, 0.15) is 44.8 Å². The molecule has 1 aromatic rings. The second-order valence-electron chi connectivity index (χ2n) is 4.86. The summed E-state index contributed by atoms with van der Waals surface area (Å²) in [7, 11) is 0. The van der Waals surface area contributed by atoms with E-state index in [0.717, 1.165) is 19.5 Å². The van der Waals surface area contributed by atoms with Crippen LogP contribution in [0.15, 0.2) is 12.3 Å². The third-order valence-electron chi connectivity index (χ3n) is 3.64. The topological polar surface area (TPSA) is 47.1 Å². The van der Waals surface area contributed by atoms with E-state index in [9.17, 15) is 0 Å². The van der Waals surface area contributed by atoms with Crippen molar-refractivity contribution in [1.82, 2.24) is 14.7 Å². The summed E-state index contributed by atoms with van der Waals surface area (Å²) in [5.74, 6) is 0. The van der Waals surface area contributed by atoms with E-state index in [-0.39, 0.29) is 6.04 Å². The van der Waals surface area contributed by atoms with Crippen molar-refractivity contribution in [2.45, 2.75) is 51.7 Å². The molecule has 2 rings (SSSR count). The maximum atomic E-state index is 6.33. The minimum atomic E-state index is 0.247. The lowest BCUT2D eigenvalue weighted by Crippen LogP contribution is -2.46. The fourth-order valence-corrected chi connectivity index (χ4v) is 2.90. The van der Waals surface area contributed by atoms with Gasteiger partial charge in [-0.05, 0) is 45.3 Å². The third kappa shape index (κ3) is 2.53. The van der Waals surface area contributed by atoms with Gasteiger partial charge in [-0.1, -0.05) is 6.92 Å². The number of piperidine rings is 1. The molecule has 1 aromatic heterocycles. The number of hydrogen-bond acceptors (Lipinski definition) is 3. The van der Waals surface area contributed by atoms with Crippen LogP contribution >= 0.6 is 0 Å². The zero-order valence-electron chi connectivity index (χ0n) is 11.0. The number of aryl methyl sites for hydroxylation is 1. The SMILES string of the molecule is CCCN1CCCC(N)C1c1ccnn1CC. The van der Waals surface area contributed by atoms with Crippen LogP contribution in [-0.2, 0) is 6.54 Å². The first kappa shape index (κ1) is 12.6. The second kappa shape index (κ2) is 5.65. The predicted molar refractivity (Wildman–Crippen MR) is 69.7 cm³/mol. The standard InChI is InChI=1S/C13H24N4/c1-3-9-16-10-5-6-11(14)13(16)12-7-8-15-17(12)4-2/h7-8,11,13H,3-6,9-10,14H2,1-2H3. The van der Waals surface area contributed by atoms with Gasteiger partial charge >= 0.3 is 0 Å². The first-order valence-electron chi connectivity index (χ1n) is 6.79. The average molecular weight is 236 g/mol. The Labute approximate surface area is 104 Å². The van der Waals surface area contributed by atoms with Crippen LogP contribution in [0, 0.1) is 0 Å². The summed E-state index contributed by atoms with van der Waals surface area (Å²) in [6.07, 6.45) is 5.42. The van der Waals surface area contributed by atoms with Crippen LogP contribution in [-0.4, -0.2) is 33.8 Å². The Hall–Kier alpha value is -0.870. The summed E-state index contributed by atoms with van der Waals surface area (Å²) in [5.41, 5.74) is 7.62. The van der Waals surface area contributed by atoms with Gasteiger partial charge in [-0.15, -0.1) is 0 Å². The summed E-state index contributed by atoms with van der Waals surface area (Å²) in [6, 6.07) is 2.73. The number of hydrogen-bond donors (Lipinski definition) is 1. The summed E-state index contributed by atoms with van der Waals surface area (Å²) in [4.78, 5) is 2.53. The highest BCUT2D eigenvalue weighted by molar-refractivity contribution is 5.11. The van der Waals surface area contributed by atoms with Gasteiger partial charge in [-0.2, -0.15) is 5.10 Å². The van der Waals surface area contributed by atoms with Crippen molar-refractivity contribution < 1.29 is 0 Å². The Bertz CT molecular complexity index is 345. The summed E-state index contributed by atoms with van der Waals surface area (Å²) >= 11 is 0. The van der Waals surface area contributed by atoms with Crippen molar-refractivity contribution >= 4 is 0 Å². The van der Waals surface area contributed by atoms with E-state index in [1.165, 1.54) is 25.1 Å². The Morgan fingerprint density at radius 3 is 3.00 bits per heavy atom. The molecule has 2 unspecified atom stereocenters. The first-order valence-corrected chi connectivity index (χ1v) is 6.79. The summed E-state index contributed by atoms with van der Waals surface area (Å²) < 4.78 is 2.08. The van der Waals surface area contributed by atoms with Crippen LogP contribution in [0.3, 0.4) is 0 Å². The van der Waals surface area contributed by atoms with Crippen LogP contribution in [0.25, 0.3) is 0 Å². The highest BCUT2D eigenvalue weighted by atomic mass is 15.3. The Morgan fingerprint density at radius 1 is 1.47 bits per heavy atom. The van der Waals surface area contributed by atoms with E-state index in [4.69, 9.17) is 5.73 Å². The van der Waals surface area contributed by atoms with Gasteiger partial charge in [-0.25, -0.2) is 0 Å². The van der Waals surface area contributed by atoms with E-state index in [0.29, 0.717) is 6.04 Å². The molecule has 1 fully saturated rings. The maximum Gasteiger partial charge on any atom is 0.0670 e. The van der Waals surface area contributed by atoms with Crippen molar-refractivity contribution in [2.75, 3.05) is 13.1 Å². The molecule has 96 valence electrons. The molecule has 0 radical (unpaired) electrons. The normalized spacial score (nSPS) is 26.3. The maximum absolute atomic E-state index is 6.33. The van der Waals surface area contributed by atoms with Gasteiger partial charge in [0.05, 0.1) is 11.7 Å². The van der Waals surface area contributed by atoms with Crippen LogP contribution in [0.2, 0.25) is 0 Å². The van der Waals surface area contributed by atoms with E-state index in [1.54, 1.807) is 0 Å². The van der Waals surface area contributed by atoms with Gasteiger partial charge < -0.3 is 5.73 Å². The lowest BCUT2D eigenvalue weighted by atomic mass is 9.94. The summed E-state index contributed by atoms with van der Waals surface area (Å²) in [6.45, 7) is 7.59. The first-order chi connectivity index (χ1) is 8.27. The molecule has 2 heterocycles. The Kier molecular flexibility index (Phi) is 4.18. The second-order valence-corrected chi connectivity index (χ2v) is 4.86. The molecule has 1 aliphatic rings. The van der Waals surface area contributed by atoms with Gasteiger partial charge in [0.1, 0.15) is 0 Å². The van der Waals surface area contributed by atoms with Gasteiger partial charge in [0.2, 0.25) is 0 Å². The van der Waals surface area contributed by atoms with Gasteiger partial charge in [0, 0.05) is 18.8 Å². The molecule has 4 nitrogen and oxygen atoms in total. The molecule has 0 aromatic carbocycles. The van der Waals surface area contributed by atoms with Crippen LogP contribution in [0.4, 0.5) is 0 Å². The minimum absolute atomic E-state index is 0.247. The number of rotatable bonds is 4. The van der Waals surface area contributed by atoms with Gasteiger partial charge in [0.25, 0.3) is 0 Å². The Morgan fingerprint density at radius 2 is 2.29 bits per heavy atom. The van der Waals surface area contributed by atoms with Crippen molar-refractivity contribution in [2.24, 2.45) is 5.73 Å². The smallest absolute Gasteiger partial charge is 0.0670 e. The monoisotopic (exact) mass is 236 g/mol. The van der Waals surface area contributed by atoms with Gasteiger partial charge in [0.15, 0.2) is 0 Å². The molecule has 0 amide bonds. The molecular formula is C13H24N4. The molecule has 2 N–H and O–H groups in total. The van der Waals surface area contributed by atoms with Crippen molar-refractivity contribution in [3.63, 3.8) is 0 Å². The molecule has 17 heavy (non-hydrogen) atoms. The summed E-state index contributed by atoms with van der Waals surface area (Å²) in [5, 5.41) is 4.37. The molecule has 0 saturated carbocycles. The molecule has 0 spiro atoms. The van der Waals surface area contributed by atoms with E-state index < -0.39 is 0 Å². The number of nitrogens with zero attached hydrogens (tertiary/aromatic N) is 3. The quantitative estimate of drug-likeness (QED) is 0.867. The fraction of sp³-hybridized carbons (Fsp3) is 0.769. The molecule has 4 heteroatoms. The van der Waals surface area contributed by atoms with Crippen LogP contribution < -0.4 is 5.73 Å². The zero-order chi connectivity index (χ0) is 12.3. The lowest BCUT2D eigenvalue weighted by Gasteiger charge is -2.39. The van der Waals surface area contributed by atoms with E-state index >= 15 is 0 Å². The molecule has 0 aliphatic carbocycles. The largest absolute Gasteiger partial charge is 0.326 e. The van der Waals surface area contributed by atoms with Gasteiger partial charge in [-0.3, -0.25) is 9.58 Å². The third-order valence-corrected chi connectivity index (χ3v) is 3.64. The number of aromatic nitrogens is 2. The van der Waals surface area contributed by atoms with E-state index in [1.807, 2.05) is 6.20 Å². The molecular weight excluding hydrogens is 212 g/mol. The molecule has 1 saturated heterocycles. The van der Waals surface area contributed by atoms with Crippen LogP contribution in [0.5, 0.6) is 0 Å². The molecule has 0 bridgehead atoms. The molecule has 1 aliphatic heterocycles. The average Bonchev–Trinajstić information content (AvgIpc) is 2.77. The van der Waals surface area contributed by atoms with Crippen molar-refractivity contribution in [1.29, 1.82) is 0 Å². The zero-order valence-corrected chi connectivity index (χ0v) is 11.0. The minimum Gasteiger partial charge on any atom is -0.326 e. The number of nitrogens with two attached hydrogens (primary N) is 1. The predicted octanol–water partition coefficient (Wildman–Crippen LogP) is 1.78. The molecule has 2 atom stereocenters. The number of likely N-dealkylation sites (tertiary alicyclic amines) is 1. The highest BCUT2D eigenvalue weighted by Gasteiger charge is 2.31. The fourth-order valence-electron chi connectivity index (χ4n) is 2.90. The van der Waals surface area contributed by atoms with Crippen molar-refractivity contribution in [3.8, 4) is 0 Å². The van der Waals surface area contributed by atoms with E-state index in [2.05, 4.69) is 34.6 Å². The Balaban J connectivity index is 2.24. The van der Waals surface area contributed by atoms with Crippen molar-refractivity contribution in [3.05, 3.63) is 18.0 Å². The lowest BCUT2D eigenvalue weighted by molar-refractivity contribution is 0.121.